The van der Waals surface area contributed by atoms with Crippen molar-refractivity contribution in [3.8, 4) is 5.75 Å². The minimum atomic E-state index is -1.50. The molecular formula is C7H6ClO3P. The Kier molecular flexibility index (Phi) is 2.20. The quantitative estimate of drug-likeness (QED) is 0.660. The summed E-state index contributed by atoms with van der Waals surface area (Å²) in [4.78, 5) is 0. The van der Waals surface area contributed by atoms with Gasteiger partial charge < -0.3 is 9.63 Å². The SMILES string of the molecule is OC1OP(Cl)Oc2ccccc21. The molecule has 64 valence electrons. The van der Waals surface area contributed by atoms with Gasteiger partial charge in [-0.1, -0.05) is 18.2 Å². The number of fused-ring (bicyclic) bond motifs is 1. The van der Waals surface area contributed by atoms with Gasteiger partial charge in [-0.2, -0.15) is 0 Å². The molecule has 0 aromatic heterocycles. The van der Waals surface area contributed by atoms with E-state index in [9.17, 15) is 5.11 Å². The molecule has 1 aliphatic rings. The van der Waals surface area contributed by atoms with Crippen molar-refractivity contribution in [1.29, 1.82) is 0 Å². The maximum absolute atomic E-state index is 9.36. The molecule has 1 heterocycles. The fourth-order valence-corrected chi connectivity index (χ4v) is 2.09. The second kappa shape index (κ2) is 3.19. The normalized spacial score (nSPS) is 27.5. The number of aliphatic hydroxyl groups is 1. The Bertz CT molecular complexity index is 294. The molecule has 2 unspecified atom stereocenters. The Morgan fingerprint density at radius 3 is 3.00 bits per heavy atom. The number of hydrogen-bond donors (Lipinski definition) is 1. The van der Waals surface area contributed by atoms with Crippen molar-refractivity contribution in [2.75, 3.05) is 0 Å². The number of halogens is 1. The molecule has 1 aliphatic heterocycles. The molecule has 1 aromatic carbocycles. The summed E-state index contributed by atoms with van der Waals surface area (Å²) < 4.78 is 10.0. The topological polar surface area (TPSA) is 38.7 Å². The highest BCUT2D eigenvalue weighted by molar-refractivity contribution is 7.76. The van der Waals surface area contributed by atoms with Crippen LogP contribution in [-0.4, -0.2) is 5.11 Å². The van der Waals surface area contributed by atoms with E-state index >= 15 is 0 Å². The van der Waals surface area contributed by atoms with Gasteiger partial charge in [-0.05, 0) is 17.3 Å². The van der Waals surface area contributed by atoms with Crippen LogP contribution in [0.1, 0.15) is 11.9 Å². The summed E-state index contributed by atoms with van der Waals surface area (Å²) in [7, 11) is -1.50. The second-order valence-corrected chi connectivity index (χ2v) is 3.95. The smallest absolute Gasteiger partial charge is 0.341 e. The third kappa shape index (κ3) is 1.41. The summed E-state index contributed by atoms with van der Waals surface area (Å²) in [5.74, 6) is 0.595. The van der Waals surface area contributed by atoms with E-state index in [0.717, 1.165) is 0 Å². The lowest BCUT2D eigenvalue weighted by molar-refractivity contribution is -0.0228. The molecule has 1 aromatic rings. The summed E-state index contributed by atoms with van der Waals surface area (Å²) in [5, 5.41) is 9.36. The molecule has 0 amide bonds. The van der Waals surface area contributed by atoms with E-state index < -0.39 is 14.0 Å². The molecule has 5 heteroatoms. The van der Waals surface area contributed by atoms with Crippen LogP contribution >= 0.6 is 19.0 Å². The fourth-order valence-electron chi connectivity index (χ4n) is 1.00. The summed E-state index contributed by atoms with van der Waals surface area (Å²) >= 11 is 5.60. The van der Waals surface area contributed by atoms with E-state index in [0.29, 0.717) is 11.3 Å². The molecular weight excluding hydrogens is 199 g/mol. The van der Waals surface area contributed by atoms with Gasteiger partial charge in [0.2, 0.25) is 0 Å². The van der Waals surface area contributed by atoms with Crippen LogP contribution in [0.15, 0.2) is 24.3 Å². The Labute approximate surface area is 75.6 Å². The van der Waals surface area contributed by atoms with Gasteiger partial charge in [0, 0.05) is 0 Å². The van der Waals surface area contributed by atoms with Crippen molar-refractivity contribution in [1.82, 2.24) is 0 Å². The summed E-state index contributed by atoms with van der Waals surface area (Å²) in [5.41, 5.74) is 0.622. The van der Waals surface area contributed by atoms with Crippen molar-refractivity contribution in [3.05, 3.63) is 29.8 Å². The minimum Gasteiger partial charge on any atom is -0.435 e. The van der Waals surface area contributed by atoms with Crippen molar-refractivity contribution in [2.45, 2.75) is 6.29 Å². The van der Waals surface area contributed by atoms with Crippen LogP contribution in [0, 0.1) is 0 Å². The third-order valence-electron chi connectivity index (χ3n) is 1.54. The van der Waals surface area contributed by atoms with Gasteiger partial charge in [0.05, 0.1) is 5.56 Å². The van der Waals surface area contributed by atoms with Crippen LogP contribution in [0.3, 0.4) is 0 Å². The number of benzene rings is 1. The zero-order valence-electron chi connectivity index (χ0n) is 5.98. The second-order valence-electron chi connectivity index (χ2n) is 2.30. The predicted octanol–water partition coefficient (Wildman–Crippen LogP) is 2.55. The van der Waals surface area contributed by atoms with Crippen LogP contribution in [0.5, 0.6) is 5.75 Å². The monoisotopic (exact) mass is 204 g/mol. The molecule has 0 aliphatic carbocycles. The number of hydrogen-bond acceptors (Lipinski definition) is 3. The van der Waals surface area contributed by atoms with Gasteiger partial charge in [-0.25, -0.2) is 0 Å². The standard InChI is InChI=1S/C7H6ClO3P/c8-12-10-6-4-2-1-3-5(6)7(9)11-12/h1-4,7,9H. The Balaban J connectivity index is 2.40. The van der Waals surface area contributed by atoms with Gasteiger partial charge >= 0.3 is 7.73 Å². The Hall–Kier alpha value is -0.340. The summed E-state index contributed by atoms with van der Waals surface area (Å²) in [6.07, 6.45) is -0.960. The highest BCUT2D eigenvalue weighted by Crippen LogP contribution is 2.53. The molecule has 0 saturated carbocycles. The minimum absolute atomic E-state index is 0.595. The van der Waals surface area contributed by atoms with E-state index in [4.69, 9.17) is 20.3 Å². The Morgan fingerprint density at radius 2 is 2.17 bits per heavy atom. The van der Waals surface area contributed by atoms with Crippen LogP contribution in [-0.2, 0) is 4.52 Å². The summed E-state index contributed by atoms with van der Waals surface area (Å²) in [6.45, 7) is 0. The molecule has 2 atom stereocenters. The third-order valence-corrected chi connectivity index (χ3v) is 2.69. The Morgan fingerprint density at radius 1 is 1.42 bits per heavy atom. The lowest BCUT2D eigenvalue weighted by atomic mass is 10.2. The molecule has 0 fully saturated rings. The first-order chi connectivity index (χ1) is 5.77. The van der Waals surface area contributed by atoms with Gasteiger partial charge in [-0.15, -0.1) is 0 Å². The first-order valence-corrected chi connectivity index (χ1v) is 5.43. The van der Waals surface area contributed by atoms with E-state index in [2.05, 4.69) is 0 Å². The molecule has 0 bridgehead atoms. The van der Waals surface area contributed by atoms with Crippen molar-refractivity contribution < 1.29 is 14.2 Å². The zero-order chi connectivity index (χ0) is 8.55. The molecule has 1 N–H and O–H groups in total. The van der Waals surface area contributed by atoms with Crippen LogP contribution in [0.2, 0.25) is 0 Å². The highest BCUT2D eigenvalue weighted by Gasteiger charge is 2.26. The van der Waals surface area contributed by atoms with Crippen LogP contribution in [0.25, 0.3) is 0 Å². The largest absolute Gasteiger partial charge is 0.435 e. The average molecular weight is 205 g/mol. The van der Waals surface area contributed by atoms with Crippen molar-refractivity contribution >= 4 is 19.0 Å². The van der Waals surface area contributed by atoms with Gasteiger partial charge in [0.15, 0.2) is 6.29 Å². The molecule has 0 radical (unpaired) electrons. The van der Waals surface area contributed by atoms with Crippen molar-refractivity contribution in [2.24, 2.45) is 0 Å². The molecule has 0 saturated heterocycles. The zero-order valence-corrected chi connectivity index (χ0v) is 7.63. The highest BCUT2D eigenvalue weighted by atomic mass is 35.7. The maximum Gasteiger partial charge on any atom is 0.341 e. The van der Waals surface area contributed by atoms with E-state index in [-0.39, 0.29) is 0 Å². The fraction of sp³-hybridized carbons (Fsp3) is 0.143. The molecule has 2 rings (SSSR count). The van der Waals surface area contributed by atoms with E-state index in [1.165, 1.54) is 0 Å². The van der Waals surface area contributed by atoms with Crippen LogP contribution in [0.4, 0.5) is 0 Å². The predicted molar refractivity (Wildman–Crippen MR) is 45.9 cm³/mol. The van der Waals surface area contributed by atoms with Gasteiger partial charge in [-0.3, -0.25) is 4.52 Å². The lowest BCUT2D eigenvalue weighted by Gasteiger charge is -2.24. The lowest BCUT2D eigenvalue weighted by Crippen LogP contribution is -2.07. The summed E-state index contributed by atoms with van der Waals surface area (Å²) in [6, 6.07) is 7.10. The van der Waals surface area contributed by atoms with E-state index in [1.807, 2.05) is 6.07 Å². The van der Waals surface area contributed by atoms with Gasteiger partial charge in [0.25, 0.3) is 0 Å². The number of aliphatic hydroxyl groups excluding tert-OH is 1. The number of rotatable bonds is 0. The average Bonchev–Trinajstić information content (AvgIpc) is 2.04. The van der Waals surface area contributed by atoms with Crippen LogP contribution < -0.4 is 4.52 Å². The van der Waals surface area contributed by atoms with Gasteiger partial charge in [0.1, 0.15) is 5.75 Å². The first kappa shape index (κ1) is 8.27. The van der Waals surface area contributed by atoms with E-state index in [1.54, 1.807) is 18.2 Å². The number of para-hydroxylation sites is 1. The molecule has 0 spiro atoms. The molecule has 3 nitrogen and oxygen atoms in total. The maximum atomic E-state index is 9.36. The first-order valence-electron chi connectivity index (χ1n) is 3.35. The molecule has 12 heavy (non-hydrogen) atoms. The van der Waals surface area contributed by atoms with Crippen molar-refractivity contribution in [3.63, 3.8) is 0 Å².